The number of hydrogen-bond acceptors (Lipinski definition) is 1. The summed E-state index contributed by atoms with van der Waals surface area (Å²) in [5.74, 6) is -0.196. The molecular weight excluding hydrogens is 140 g/mol. The Balaban J connectivity index is 3.68. The van der Waals surface area contributed by atoms with Gasteiger partial charge in [-0.25, -0.2) is 4.79 Å². The summed E-state index contributed by atoms with van der Waals surface area (Å²) in [5.41, 5.74) is 0.950. The van der Waals surface area contributed by atoms with Crippen molar-refractivity contribution >= 4 is 5.97 Å². The Bertz CT molecular complexity index is 157. The molecule has 0 spiro atoms. The van der Waals surface area contributed by atoms with E-state index < -0.39 is 5.97 Å². The maximum absolute atomic E-state index is 10.2. The number of carboxylic acids is 1. The van der Waals surface area contributed by atoms with Crippen molar-refractivity contribution in [1.29, 1.82) is 0 Å². The number of carbonyl (C=O) groups is 1. The molecule has 2 heteroatoms. The molecule has 0 aliphatic carbocycles. The summed E-state index contributed by atoms with van der Waals surface area (Å²) in [4.78, 5) is 10.2. The number of carboxylic acid groups (broad SMARTS) is 1. The van der Waals surface area contributed by atoms with Crippen LogP contribution in [0.2, 0.25) is 0 Å². The Morgan fingerprint density at radius 3 is 2.45 bits per heavy atom. The quantitative estimate of drug-likeness (QED) is 0.635. The molecule has 0 atom stereocenters. The number of allylic oxidation sites excluding steroid dienone is 1. The Hall–Kier alpha value is -0.790. The second kappa shape index (κ2) is 4.94. The molecule has 0 aliphatic heterocycles. The van der Waals surface area contributed by atoms with Crippen LogP contribution in [-0.4, -0.2) is 11.1 Å². The lowest BCUT2D eigenvalue weighted by molar-refractivity contribution is -0.131. The highest BCUT2D eigenvalue weighted by molar-refractivity contribution is 5.80. The maximum atomic E-state index is 10.2. The third kappa shape index (κ3) is 7.10. The van der Waals surface area contributed by atoms with Crippen LogP contribution in [0.4, 0.5) is 0 Å². The second-order valence-electron chi connectivity index (χ2n) is 3.26. The summed E-state index contributed by atoms with van der Waals surface area (Å²) in [6.07, 6.45) is 3.24. The van der Waals surface area contributed by atoms with Gasteiger partial charge in [-0.1, -0.05) is 19.4 Å². The molecule has 0 aromatic heterocycles. The first-order chi connectivity index (χ1) is 5.02. The highest BCUT2D eigenvalue weighted by atomic mass is 16.4. The van der Waals surface area contributed by atoms with Crippen molar-refractivity contribution in [1.82, 2.24) is 0 Å². The van der Waals surface area contributed by atoms with Crippen LogP contribution in [-0.2, 0) is 4.79 Å². The first-order valence-corrected chi connectivity index (χ1v) is 3.92. The van der Waals surface area contributed by atoms with E-state index in [1.54, 1.807) is 0 Å². The normalized spacial score (nSPS) is 12.2. The predicted molar refractivity (Wildman–Crippen MR) is 45.5 cm³/mol. The van der Waals surface area contributed by atoms with Crippen molar-refractivity contribution in [2.45, 2.75) is 33.6 Å². The van der Waals surface area contributed by atoms with Gasteiger partial charge in [-0.3, -0.25) is 0 Å². The molecule has 0 aromatic rings. The zero-order chi connectivity index (χ0) is 8.85. The van der Waals surface area contributed by atoms with Crippen LogP contribution in [0.25, 0.3) is 0 Å². The largest absolute Gasteiger partial charge is 0.478 e. The fourth-order valence-corrected chi connectivity index (χ4v) is 0.799. The minimum atomic E-state index is -0.841. The topological polar surface area (TPSA) is 37.3 Å². The SMILES string of the molecule is CC(=CC(=O)O)CCC(C)C. The zero-order valence-corrected chi connectivity index (χ0v) is 7.42. The van der Waals surface area contributed by atoms with Gasteiger partial charge in [-0.15, -0.1) is 0 Å². The van der Waals surface area contributed by atoms with Gasteiger partial charge in [0.15, 0.2) is 0 Å². The van der Waals surface area contributed by atoms with E-state index in [4.69, 9.17) is 5.11 Å². The van der Waals surface area contributed by atoms with Crippen LogP contribution in [0.3, 0.4) is 0 Å². The molecule has 0 amide bonds. The smallest absolute Gasteiger partial charge is 0.328 e. The number of aliphatic carboxylic acids is 1. The van der Waals surface area contributed by atoms with Crippen LogP contribution in [0, 0.1) is 5.92 Å². The van der Waals surface area contributed by atoms with Gasteiger partial charge in [0.25, 0.3) is 0 Å². The third-order valence-corrected chi connectivity index (χ3v) is 1.49. The van der Waals surface area contributed by atoms with Crippen LogP contribution < -0.4 is 0 Å². The van der Waals surface area contributed by atoms with Crippen LogP contribution in [0.1, 0.15) is 33.6 Å². The average Bonchev–Trinajstić information content (AvgIpc) is 1.82. The summed E-state index contributed by atoms with van der Waals surface area (Å²) in [6, 6.07) is 0. The van der Waals surface area contributed by atoms with E-state index in [9.17, 15) is 4.79 Å². The zero-order valence-electron chi connectivity index (χ0n) is 7.42. The molecule has 0 fully saturated rings. The Labute approximate surface area is 67.9 Å². The number of hydrogen-bond donors (Lipinski definition) is 1. The summed E-state index contributed by atoms with van der Waals surface area (Å²) < 4.78 is 0. The summed E-state index contributed by atoms with van der Waals surface area (Å²) in [7, 11) is 0. The van der Waals surface area contributed by atoms with Crippen molar-refractivity contribution in [2.75, 3.05) is 0 Å². The molecule has 0 aliphatic rings. The van der Waals surface area contributed by atoms with Crippen molar-refractivity contribution in [3.63, 3.8) is 0 Å². The summed E-state index contributed by atoms with van der Waals surface area (Å²) in [5, 5.41) is 8.37. The molecule has 1 N–H and O–H groups in total. The lowest BCUT2D eigenvalue weighted by atomic mass is 10.0. The molecule has 2 nitrogen and oxygen atoms in total. The van der Waals surface area contributed by atoms with E-state index in [2.05, 4.69) is 13.8 Å². The highest BCUT2D eigenvalue weighted by Crippen LogP contribution is 2.10. The first kappa shape index (κ1) is 10.2. The van der Waals surface area contributed by atoms with E-state index in [1.807, 2.05) is 6.92 Å². The van der Waals surface area contributed by atoms with Crippen molar-refractivity contribution < 1.29 is 9.90 Å². The lowest BCUT2D eigenvalue weighted by Crippen LogP contribution is -1.92. The van der Waals surface area contributed by atoms with Gasteiger partial charge in [-0.05, 0) is 25.7 Å². The van der Waals surface area contributed by atoms with Crippen LogP contribution in [0.5, 0.6) is 0 Å². The highest BCUT2D eigenvalue weighted by Gasteiger charge is 1.97. The van der Waals surface area contributed by atoms with E-state index in [0.29, 0.717) is 5.92 Å². The van der Waals surface area contributed by atoms with Gasteiger partial charge in [0.1, 0.15) is 0 Å². The molecule has 0 radical (unpaired) electrons. The Morgan fingerprint density at radius 2 is 2.09 bits per heavy atom. The minimum Gasteiger partial charge on any atom is -0.478 e. The molecular formula is C9H16O2. The maximum Gasteiger partial charge on any atom is 0.328 e. The molecule has 0 unspecified atom stereocenters. The Morgan fingerprint density at radius 1 is 1.55 bits per heavy atom. The minimum absolute atomic E-state index is 0.646. The fourth-order valence-electron chi connectivity index (χ4n) is 0.799. The predicted octanol–water partition coefficient (Wildman–Crippen LogP) is 2.45. The molecule has 0 rings (SSSR count). The third-order valence-electron chi connectivity index (χ3n) is 1.49. The van der Waals surface area contributed by atoms with E-state index in [0.717, 1.165) is 18.4 Å². The summed E-state index contributed by atoms with van der Waals surface area (Å²) in [6.45, 7) is 6.12. The molecule has 0 heterocycles. The monoisotopic (exact) mass is 156 g/mol. The van der Waals surface area contributed by atoms with Crippen molar-refractivity contribution in [2.24, 2.45) is 5.92 Å². The molecule has 0 saturated carbocycles. The van der Waals surface area contributed by atoms with E-state index in [-0.39, 0.29) is 0 Å². The van der Waals surface area contributed by atoms with Crippen molar-refractivity contribution in [3.05, 3.63) is 11.6 Å². The van der Waals surface area contributed by atoms with Gasteiger partial charge >= 0.3 is 5.97 Å². The van der Waals surface area contributed by atoms with Crippen LogP contribution >= 0.6 is 0 Å². The molecule has 11 heavy (non-hydrogen) atoms. The summed E-state index contributed by atoms with van der Waals surface area (Å²) >= 11 is 0. The molecule has 0 aromatic carbocycles. The lowest BCUT2D eigenvalue weighted by Gasteiger charge is -2.02. The molecule has 0 saturated heterocycles. The molecule has 0 bridgehead atoms. The van der Waals surface area contributed by atoms with Gasteiger partial charge in [0.2, 0.25) is 0 Å². The van der Waals surface area contributed by atoms with Gasteiger partial charge in [0, 0.05) is 6.08 Å². The van der Waals surface area contributed by atoms with E-state index >= 15 is 0 Å². The second-order valence-corrected chi connectivity index (χ2v) is 3.26. The Kier molecular flexibility index (Phi) is 4.59. The van der Waals surface area contributed by atoms with Crippen LogP contribution in [0.15, 0.2) is 11.6 Å². The van der Waals surface area contributed by atoms with E-state index in [1.165, 1.54) is 6.08 Å². The number of rotatable bonds is 4. The van der Waals surface area contributed by atoms with Gasteiger partial charge in [0.05, 0.1) is 0 Å². The average molecular weight is 156 g/mol. The fraction of sp³-hybridized carbons (Fsp3) is 0.667. The first-order valence-electron chi connectivity index (χ1n) is 3.92. The van der Waals surface area contributed by atoms with Crippen molar-refractivity contribution in [3.8, 4) is 0 Å². The van der Waals surface area contributed by atoms with Gasteiger partial charge in [-0.2, -0.15) is 0 Å². The molecule has 64 valence electrons. The standard InChI is InChI=1S/C9H16O2/c1-7(2)4-5-8(3)6-9(10)11/h6-7H,4-5H2,1-3H3,(H,10,11). The van der Waals surface area contributed by atoms with Gasteiger partial charge < -0.3 is 5.11 Å².